The van der Waals surface area contributed by atoms with E-state index in [1.165, 1.54) is 4.90 Å². The lowest BCUT2D eigenvalue weighted by Gasteiger charge is -2.27. The molecule has 1 unspecified atom stereocenters. The smallest absolute Gasteiger partial charge is 0.251 e. The quantitative estimate of drug-likeness (QED) is 0.675. The Kier molecular flexibility index (Phi) is 7.16. The lowest BCUT2D eigenvalue weighted by atomic mass is 10.2. The van der Waals surface area contributed by atoms with Crippen LogP contribution in [0.15, 0.2) is 0 Å². The first-order chi connectivity index (χ1) is 7.38. The van der Waals surface area contributed by atoms with E-state index in [0.717, 1.165) is 0 Å². The predicted molar refractivity (Wildman–Crippen MR) is 59.4 cm³/mol. The van der Waals surface area contributed by atoms with Gasteiger partial charge in [-0.3, -0.25) is 9.69 Å². The first-order valence-corrected chi connectivity index (χ1v) is 5.41. The summed E-state index contributed by atoms with van der Waals surface area (Å²) >= 11 is 0. The number of alkyl halides is 2. The minimum Gasteiger partial charge on any atom is -0.353 e. The Balaban J connectivity index is 4.34. The van der Waals surface area contributed by atoms with Crippen molar-refractivity contribution in [2.45, 2.75) is 39.3 Å². The lowest BCUT2D eigenvalue weighted by molar-refractivity contribution is -0.127. The molecule has 0 rings (SSSR count). The molecule has 1 atom stereocenters. The topological polar surface area (TPSA) is 58.4 Å². The van der Waals surface area contributed by atoms with Gasteiger partial charge in [0.05, 0.1) is 12.6 Å². The van der Waals surface area contributed by atoms with Crippen LogP contribution in [0.25, 0.3) is 0 Å². The molecular weight excluding hydrogens is 216 g/mol. The van der Waals surface area contributed by atoms with Crippen LogP contribution < -0.4 is 11.1 Å². The van der Waals surface area contributed by atoms with Gasteiger partial charge in [0.15, 0.2) is 0 Å². The molecule has 0 aliphatic carbocycles. The Morgan fingerprint density at radius 3 is 2.31 bits per heavy atom. The molecule has 3 N–H and O–H groups in total. The Hall–Kier alpha value is -0.750. The molecule has 1 amide bonds. The molecule has 0 heterocycles. The van der Waals surface area contributed by atoms with E-state index in [1.807, 2.05) is 13.8 Å². The summed E-state index contributed by atoms with van der Waals surface area (Å²) in [5, 5.41) is 2.69. The van der Waals surface area contributed by atoms with Gasteiger partial charge >= 0.3 is 0 Å². The van der Waals surface area contributed by atoms with Crippen LogP contribution in [0.5, 0.6) is 0 Å². The van der Waals surface area contributed by atoms with E-state index in [0.29, 0.717) is 0 Å². The molecule has 0 fully saturated rings. The molecule has 0 saturated heterocycles. The van der Waals surface area contributed by atoms with Crippen molar-refractivity contribution in [3.63, 3.8) is 0 Å². The van der Waals surface area contributed by atoms with Crippen LogP contribution in [0.4, 0.5) is 8.78 Å². The van der Waals surface area contributed by atoms with E-state index in [-0.39, 0.29) is 25.0 Å². The monoisotopic (exact) mass is 237 g/mol. The molecule has 0 aromatic heterocycles. The minimum absolute atomic E-state index is 0.00114. The minimum atomic E-state index is -2.46. The van der Waals surface area contributed by atoms with Gasteiger partial charge in [-0.2, -0.15) is 0 Å². The number of halogens is 2. The van der Waals surface area contributed by atoms with Crippen molar-refractivity contribution in [3.05, 3.63) is 0 Å². The number of nitrogens with zero attached hydrogens (tertiary/aromatic N) is 1. The molecule has 0 saturated carbocycles. The summed E-state index contributed by atoms with van der Waals surface area (Å²) in [6.45, 7) is 5.37. The molecule has 0 radical (unpaired) electrons. The molecule has 0 aliphatic rings. The normalized spacial score (nSPS) is 13.6. The third kappa shape index (κ3) is 5.97. The van der Waals surface area contributed by atoms with Gasteiger partial charge in [-0.25, -0.2) is 8.78 Å². The molecule has 6 heteroatoms. The van der Waals surface area contributed by atoms with Crippen LogP contribution in [0.1, 0.15) is 20.8 Å². The Morgan fingerprint density at radius 2 is 1.94 bits per heavy atom. The third-order valence-corrected chi connectivity index (χ3v) is 2.15. The van der Waals surface area contributed by atoms with Crippen LogP contribution in [0, 0.1) is 0 Å². The fraction of sp³-hybridized carbons (Fsp3) is 0.900. The highest BCUT2D eigenvalue weighted by Gasteiger charge is 2.23. The van der Waals surface area contributed by atoms with Crippen LogP contribution in [0.2, 0.25) is 0 Å². The van der Waals surface area contributed by atoms with Crippen molar-refractivity contribution in [2.24, 2.45) is 5.73 Å². The van der Waals surface area contributed by atoms with E-state index in [1.54, 1.807) is 6.92 Å². The summed E-state index contributed by atoms with van der Waals surface area (Å²) in [5.74, 6) is -0.246. The maximum atomic E-state index is 12.3. The van der Waals surface area contributed by atoms with Crippen molar-refractivity contribution in [1.82, 2.24) is 10.2 Å². The van der Waals surface area contributed by atoms with Gasteiger partial charge in [-0.15, -0.1) is 0 Å². The van der Waals surface area contributed by atoms with Gasteiger partial charge in [-0.05, 0) is 20.8 Å². The van der Waals surface area contributed by atoms with Crippen LogP contribution >= 0.6 is 0 Å². The van der Waals surface area contributed by atoms with Crippen molar-refractivity contribution < 1.29 is 13.6 Å². The predicted octanol–water partition coefficient (Wildman–Crippen LogP) is 0.425. The summed E-state index contributed by atoms with van der Waals surface area (Å²) in [6, 6.07) is -0.582. The number of nitrogens with two attached hydrogens (primary N) is 1. The Bertz CT molecular complexity index is 212. The number of hydrogen-bond donors (Lipinski definition) is 2. The summed E-state index contributed by atoms with van der Waals surface area (Å²) < 4.78 is 24.6. The number of rotatable bonds is 7. The van der Waals surface area contributed by atoms with E-state index in [4.69, 9.17) is 5.73 Å². The average molecular weight is 237 g/mol. The first-order valence-electron chi connectivity index (χ1n) is 5.41. The number of carbonyl (C=O) groups is 1. The fourth-order valence-corrected chi connectivity index (χ4v) is 1.36. The first kappa shape index (κ1) is 15.2. The van der Waals surface area contributed by atoms with Crippen molar-refractivity contribution in [2.75, 3.05) is 19.6 Å². The molecule has 0 aliphatic heterocycles. The molecule has 0 aromatic carbocycles. The highest BCUT2D eigenvalue weighted by molar-refractivity contribution is 5.81. The van der Waals surface area contributed by atoms with E-state index in [2.05, 4.69) is 5.32 Å². The third-order valence-electron chi connectivity index (χ3n) is 2.15. The molecule has 0 spiro atoms. The second-order valence-corrected chi connectivity index (χ2v) is 4.01. The summed E-state index contributed by atoms with van der Waals surface area (Å²) in [4.78, 5) is 13.0. The van der Waals surface area contributed by atoms with E-state index in [9.17, 15) is 13.6 Å². The van der Waals surface area contributed by atoms with Gasteiger partial charge in [0.25, 0.3) is 6.43 Å². The van der Waals surface area contributed by atoms with Crippen LogP contribution in [-0.4, -0.2) is 49.0 Å². The van der Waals surface area contributed by atoms with Gasteiger partial charge in [0.2, 0.25) is 5.91 Å². The SMILES string of the molecule is CC(C)NC(=O)C(C)N(CCN)CC(F)F. The van der Waals surface area contributed by atoms with Crippen molar-refractivity contribution in [3.8, 4) is 0 Å². The van der Waals surface area contributed by atoms with Gasteiger partial charge in [-0.1, -0.05) is 0 Å². The molecule has 96 valence electrons. The molecule has 16 heavy (non-hydrogen) atoms. The molecular formula is C10H21F2N3O. The number of hydrogen-bond acceptors (Lipinski definition) is 3. The Labute approximate surface area is 95.2 Å². The molecule has 4 nitrogen and oxygen atoms in total. The van der Waals surface area contributed by atoms with Gasteiger partial charge < -0.3 is 11.1 Å². The van der Waals surface area contributed by atoms with Crippen LogP contribution in [-0.2, 0) is 4.79 Å². The standard InChI is InChI=1S/C10H21F2N3O/c1-7(2)14-10(16)8(3)15(5-4-13)6-9(11)12/h7-9H,4-6,13H2,1-3H3,(H,14,16). The maximum Gasteiger partial charge on any atom is 0.251 e. The second kappa shape index (κ2) is 7.51. The largest absolute Gasteiger partial charge is 0.353 e. The maximum absolute atomic E-state index is 12.3. The number of nitrogens with one attached hydrogen (secondary N) is 1. The summed E-state index contributed by atoms with van der Waals surface area (Å²) in [5.41, 5.74) is 5.33. The fourth-order valence-electron chi connectivity index (χ4n) is 1.36. The Morgan fingerprint density at radius 1 is 1.38 bits per heavy atom. The van der Waals surface area contributed by atoms with Crippen molar-refractivity contribution in [1.29, 1.82) is 0 Å². The van der Waals surface area contributed by atoms with E-state index >= 15 is 0 Å². The number of amides is 1. The van der Waals surface area contributed by atoms with E-state index < -0.39 is 19.0 Å². The van der Waals surface area contributed by atoms with Crippen molar-refractivity contribution >= 4 is 5.91 Å². The number of carbonyl (C=O) groups excluding carboxylic acids is 1. The van der Waals surface area contributed by atoms with Gasteiger partial charge in [0.1, 0.15) is 0 Å². The summed E-state index contributed by atoms with van der Waals surface area (Å²) in [6.07, 6.45) is -2.46. The van der Waals surface area contributed by atoms with Crippen LogP contribution in [0.3, 0.4) is 0 Å². The highest BCUT2D eigenvalue weighted by atomic mass is 19.3. The van der Waals surface area contributed by atoms with Gasteiger partial charge in [0, 0.05) is 19.1 Å². The zero-order chi connectivity index (χ0) is 12.7. The zero-order valence-corrected chi connectivity index (χ0v) is 10.0. The zero-order valence-electron chi connectivity index (χ0n) is 10.0. The highest BCUT2D eigenvalue weighted by Crippen LogP contribution is 2.04. The molecule has 0 bridgehead atoms. The molecule has 0 aromatic rings. The summed E-state index contributed by atoms with van der Waals surface area (Å²) in [7, 11) is 0. The average Bonchev–Trinajstić information content (AvgIpc) is 2.14. The second-order valence-electron chi connectivity index (χ2n) is 4.01. The lowest BCUT2D eigenvalue weighted by Crippen LogP contribution is -2.49.